The number of aliphatic carboxylic acids is 1. The summed E-state index contributed by atoms with van der Waals surface area (Å²) in [5.74, 6) is -0.643. The Balaban J connectivity index is 2.42. The first kappa shape index (κ1) is 15.8. The molecule has 0 unspecified atom stereocenters. The summed E-state index contributed by atoms with van der Waals surface area (Å²) >= 11 is 3.36. The zero-order chi connectivity index (χ0) is 15.9. The second-order valence-corrected chi connectivity index (χ2v) is 5.32. The van der Waals surface area contributed by atoms with Gasteiger partial charge in [-0.15, -0.1) is 0 Å². The summed E-state index contributed by atoms with van der Waals surface area (Å²) in [6, 6.07) is 16.6. The zero-order valence-corrected chi connectivity index (χ0v) is 13.1. The molecule has 1 N–H and O–H groups in total. The Morgan fingerprint density at radius 2 is 2.00 bits per heavy atom. The molecule has 0 bridgehead atoms. The highest BCUT2D eigenvalue weighted by molar-refractivity contribution is 9.10. The molecule has 0 aliphatic heterocycles. The highest BCUT2D eigenvalue weighted by Gasteiger charge is 2.08. The van der Waals surface area contributed by atoms with Crippen molar-refractivity contribution in [3.63, 3.8) is 0 Å². The number of halogens is 1. The maximum absolute atomic E-state index is 10.6. The number of carboxylic acid groups (broad SMARTS) is 1. The van der Waals surface area contributed by atoms with E-state index in [-0.39, 0.29) is 0 Å². The lowest BCUT2D eigenvalue weighted by Gasteiger charge is -2.08. The smallest absolute Gasteiger partial charge is 0.341 e. The van der Waals surface area contributed by atoms with Crippen molar-refractivity contribution in [1.29, 1.82) is 5.26 Å². The Kier molecular flexibility index (Phi) is 5.34. The lowest BCUT2D eigenvalue weighted by molar-refractivity contribution is -0.139. The van der Waals surface area contributed by atoms with Crippen molar-refractivity contribution in [3.8, 4) is 11.8 Å². The number of nitriles is 1. The van der Waals surface area contributed by atoms with E-state index in [1.54, 1.807) is 24.3 Å². The number of carboxylic acids is 1. The first-order valence-electron chi connectivity index (χ1n) is 6.41. The molecule has 0 heterocycles. The first-order chi connectivity index (χ1) is 10.6. The van der Waals surface area contributed by atoms with Gasteiger partial charge >= 0.3 is 5.97 Å². The van der Waals surface area contributed by atoms with Gasteiger partial charge in [-0.3, -0.25) is 0 Å². The van der Waals surface area contributed by atoms with Crippen LogP contribution in [0.25, 0.3) is 11.6 Å². The number of hydrogen-bond acceptors (Lipinski definition) is 3. The second kappa shape index (κ2) is 7.43. The van der Waals surface area contributed by atoms with E-state index in [0.29, 0.717) is 16.9 Å². The van der Waals surface area contributed by atoms with Crippen LogP contribution in [0.5, 0.6) is 5.75 Å². The molecule has 2 aromatic carbocycles. The molecule has 2 aromatic rings. The van der Waals surface area contributed by atoms with Crippen LogP contribution in [0, 0.1) is 11.3 Å². The van der Waals surface area contributed by atoms with E-state index in [1.165, 1.54) is 0 Å². The van der Waals surface area contributed by atoms with E-state index in [4.69, 9.17) is 9.84 Å². The average molecular weight is 358 g/mol. The van der Waals surface area contributed by atoms with Gasteiger partial charge in [0.15, 0.2) is 6.61 Å². The fourth-order valence-electron chi connectivity index (χ4n) is 1.86. The van der Waals surface area contributed by atoms with Gasteiger partial charge < -0.3 is 9.84 Å². The molecule has 2 rings (SSSR count). The minimum atomic E-state index is -1.05. The maximum atomic E-state index is 10.6. The predicted molar refractivity (Wildman–Crippen MR) is 87.2 cm³/mol. The van der Waals surface area contributed by atoms with Crippen molar-refractivity contribution in [2.24, 2.45) is 0 Å². The quantitative estimate of drug-likeness (QED) is 0.648. The maximum Gasteiger partial charge on any atom is 0.341 e. The Hall–Kier alpha value is -2.58. The van der Waals surface area contributed by atoms with Crippen LogP contribution >= 0.6 is 15.9 Å². The summed E-state index contributed by atoms with van der Waals surface area (Å²) in [5, 5.41) is 18.1. The van der Waals surface area contributed by atoms with Crippen molar-refractivity contribution >= 4 is 33.5 Å². The minimum Gasteiger partial charge on any atom is -0.481 e. The van der Waals surface area contributed by atoms with E-state index in [9.17, 15) is 10.1 Å². The molecule has 5 heteroatoms. The summed E-state index contributed by atoms with van der Waals surface area (Å²) in [4.78, 5) is 10.6. The summed E-state index contributed by atoms with van der Waals surface area (Å²) in [6.07, 6.45) is 1.68. The van der Waals surface area contributed by atoms with Gasteiger partial charge in [0.1, 0.15) is 5.75 Å². The van der Waals surface area contributed by atoms with Gasteiger partial charge in [-0.2, -0.15) is 5.26 Å². The molecule has 22 heavy (non-hydrogen) atoms. The summed E-state index contributed by atoms with van der Waals surface area (Å²) < 4.78 is 6.07. The van der Waals surface area contributed by atoms with Crippen molar-refractivity contribution in [3.05, 3.63) is 64.1 Å². The van der Waals surface area contributed by atoms with Crippen LogP contribution in [0.2, 0.25) is 0 Å². The van der Waals surface area contributed by atoms with Crippen LogP contribution in [-0.2, 0) is 4.79 Å². The lowest BCUT2D eigenvalue weighted by Crippen LogP contribution is -2.10. The van der Waals surface area contributed by atoms with Crippen molar-refractivity contribution in [2.45, 2.75) is 0 Å². The van der Waals surface area contributed by atoms with Crippen molar-refractivity contribution in [1.82, 2.24) is 0 Å². The van der Waals surface area contributed by atoms with Gasteiger partial charge in [0, 0.05) is 10.0 Å². The van der Waals surface area contributed by atoms with Crippen LogP contribution in [-0.4, -0.2) is 17.7 Å². The highest BCUT2D eigenvalue weighted by atomic mass is 79.9. The molecule has 0 amide bonds. The number of ether oxygens (including phenoxy) is 1. The molecule has 0 spiro atoms. The Morgan fingerprint density at radius 3 is 2.64 bits per heavy atom. The van der Waals surface area contributed by atoms with Crippen LogP contribution < -0.4 is 4.74 Å². The van der Waals surface area contributed by atoms with E-state index in [2.05, 4.69) is 22.0 Å². The second-order valence-electron chi connectivity index (χ2n) is 4.40. The number of nitrogens with zero attached hydrogens (tertiary/aromatic N) is 1. The van der Waals surface area contributed by atoms with Gasteiger partial charge in [-0.1, -0.05) is 46.3 Å². The molecule has 0 atom stereocenters. The van der Waals surface area contributed by atoms with Gasteiger partial charge in [0.2, 0.25) is 0 Å². The Labute approximate surface area is 136 Å². The van der Waals surface area contributed by atoms with E-state index in [1.807, 2.05) is 30.3 Å². The predicted octanol–water partition coefficient (Wildman–Crippen LogP) is 3.98. The number of allylic oxidation sites excluding steroid dienone is 1. The standard InChI is InChI=1S/C17H12BrNO3/c18-15-6-7-16(22-11-17(20)21)13(9-15)8-14(10-19)12-4-2-1-3-5-12/h1-9H,11H2,(H,20,21)/b14-8+. The van der Waals surface area contributed by atoms with Gasteiger partial charge in [-0.05, 0) is 29.8 Å². The lowest BCUT2D eigenvalue weighted by atomic mass is 10.0. The van der Waals surface area contributed by atoms with Crippen molar-refractivity contribution in [2.75, 3.05) is 6.61 Å². The Bertz CT molecular complexity index is 748. The number of hydrogen-bond donors (Lipinski definition) is 1. The Morgan fingerprint density at radius 1 is 1.27 bits per heavy atom. The van der Waals surface area contributed by atoms with Crippen LogP contribution in [0.15, 0.2) is 53.0 Å². The first-order valence-corrected chi connectivity index (χ1v) is 7.21. The molecular formula is C17H12BrNO3. The molecule has 0 fully saturated rings. The van der Waals surface area contributed by atoms with Gasteiger partial charge in [0.05, 0.1) is 11.6 Å². The monoisotopic (exact) mass is 357 g/mol. The number of rotatable bonds is 5. The summed E-state index contributed by atoms with van der Waals surface area (Å²) in [7, 11) is 0. The molecule has 0 aliphatic rings. The van der Waals surface area contributed by atoms with Crippen molar-refractivity contribution < 1.29 is 14.6 Å². The van der Waals surface area contributed by atoms with Gasteiger partial charge in [0.25, 0.3) is 0 Å². The minimum absolute atomic E-state index is 0.411. The SMILES string of the molecule is N#C/C(=C\c1cc(Br)ccc1OCC(=O)O)c1ccccc1. The molecule has 0 aromatic heterocycles. The fraction of sp³-hybridized carbons (Fsp3) is 0.0588. The fourth-order valence-corrected chi connectivity index (χ4v) is 2.24. The number of carbonyl (C=O) groups is 1. The van der Waals surface area contributed by atoms with Crippen LogP contribution in [0.1, 0.15) is 11.1 Å². The van der Waals surface area contributed by atoms with E-state index < -0.39 is 12.6 Å². The molecular weight excluding hydrogens is 346 g/mol. The third-order valence-electron chi connectivity index (χ3n) is 2.83. The molecule has 110 valence electrons. The van der Waals surface area contributed by atoms with E-state index >= 15 is 0 Å². The van der Waals surface area contributed by atoms with Crippen LogP contribution in [0.3, 0.4) is 0 Å². The molecule has 0 saturated heterocycles. The molecule has 0 radical (unpaired) electrons. The normalized spacial score (nSPS) is 10.8. The topological polar surface area (TPSA) is 70.3 Å². The molecule has 0 saturated carbocycles. The third kappa shape index (κ3) is 4.21. The zero-order valence-electron chi connectivity index (χ0n) is 11.5. The summed E-state index contributed by atoms with van der Waals surface area (Å²) in [6.45, 7) is -0.435. The van der Waals surface area contributed by atoms with Gasteiger partial charge in [-0.25, -0.2) is 4.79 Å². The third-order valence-corrected chi connectivity index (χ3v) is 3.32. The summed E-state index contributed by atoms with van der Waals surface area (Å²) in [5.41, 5.74) is 1.89. The average Bonchev–Trinajstić information content (AvgIpc) is 2.52. The number of benzene rings is 2. The largest absolute Gasteiger partial charge is 0.481 e. The van der Waals surface area contributed by atoms with E-state index in [0.717, 1.165) is 10.0 Å². The highest BCUT2D eigenvalue weighted by Crippen LogP contribution is 2.27. The molecule has 0 aliphatic carbocycles. The van der Waals surface area contributed by atoms with Crippen LogP contribution in [0.4, 0.5) is 0 Å². The molecule has 4 nitrogen and oxygen atoms in total.